The van der Waals surface area contributed by atoms with Crippen molar-refractivity contribution in [1.29, 1.82) is 0 Å². The molecule has 0 unspecified atom stereocenters. The van der Waals surface area contributed by atoms with Gasteiger partial charge in [0, 0.05) is 36.2 Å². The largest absolute Gasteiger partial charge is 0.325 e. The van der Waals surface area contributed by atoms with Gasteiger partial charge < -0.3 is 14.8 Å². The van der Waals surface area contributed by atoms with E-state index in [4.69, 9.17) is 0 Å². The van der Waals surface area contributed by atoms with Crippen LogP contribution in [-0.4, -0.2) is 23.4 Å². The molecule has 0 atom stereocenters. The average Bonchev–Trinajstić information content (AvgIpc) is 2.71. The van der Waals surface area contributed by atoms with Gasteiger partial charge in [0.25, 0.3) is 11.5 Å². The van der Waals surface area contributed by atoms with E-state index in [-0.39, 0.29) is 23.9 Å². The lowest BCUT2D eigenvalue weighted by atomic mass is 10.1. The lowest BCUT2D eigenvalue weighted by Gasteiger charge is -2.17. The molecule has 3 aromatic rings. The number of amides is 2. The van der Waals surface area contributed by atoms with Gasteiger partial charge in [-0.05, 0) is 48.9 Å². The molecule has 6 heteroatoms. The molecule has 6 nitrogen and oxygen atoms in total. The molecule has 2 amide bonds. The van der Waals surface area contributed by atoms with Crippen LogP contribution in [0.25, 0.3) is 0 Å². The molecular weight excluding hydrogens is 354 g/mol. The molecule has 1 aromatic heterocycles. The molecule has 0 bridgehead atoms. The van der Waals surface area contributed by atoms with E-state index in [1.54, 1.807) is 48.5 Å². The van der Waals surface area contributed by atoms with Gasteiger partial charge in [0.15, 0.2) is 0 Å². The van der Waals surface area contributed by atoms with Crippen molar-refractivity contribution in [3.8, 4) is 0 Å². The number of anilines is 2. The first-order valence-corrected chi connectivity index (χ1v) is 8.84. The molecule has 0 spiro atoms. The summed E-state index contributed by atoms with van der Waals surface area (Å²) in [6, 6.07) is 19.2. The number of nitrogens with zero attached hydrogens (tertiary/aromatic N) is 2. The van der Waals surface area contributed by atoms with Gasteiger partial charge in [0.2, 0.25) is 5.91 Å². The summed E-state index contributed by atoms with van der Waals surface area (Å²) in [7, 11) is 1.72. The van der Waals surface area contributed by atoms with E-state index < -0.39 is 0 Å². The smallest absolute Gasteiger partial charge is 0.258 e. The van der Waals surface area contributed by atoms with Crippen LogP contribution in [0.15, 0.2) is 77.7 Å². The van der Waals surface area contributed by atoms with Crippen molar-refractivity contribution in [2.45, 2.75) is 13.5 Å². The van der Waals surface area contributed by atoms with Crippen molar-refractivity contribution in [1.82, 2.24) is 4.57 Å². The summed E-state index contributed by atoms with van der Waals surface area (Å²) in [6.45, 7) is 1.79. The Morgan fingerprint density at radius 1 is 0.964 bits per heavy atom. The zero-order valence-corrected chi connectivity index (χ0v) is 15.8. The number of carbonyl (C=O) groups is 2. The van der Waals surface area contributed by atoms with Gasteiger partial charge in [-0.15, -0.1) is 0 Å². The van der Waals surface area contributed by atoms with Gasteiger partial charge in [-0.3, -0.25) is 14.4 Å². The third kappa shape index (κ3) is 4.54. The Labute approximate surface area is 163 Å². The zero-order chi connectivity index (χ0) is 20.1. The molecule has 0 aliphatic carbocycles. The highest BCUT2D eigenvalue weighted by Crippen LogP contribution is 2.16. The van der Waals surface area contributed by atoms with Crippen molar-refractivity contribution < 1.29 is 9.59 Å². The third-order valence-electron chi connectivity index (χ3n) is 4.31. The highest BCUT2D eigenvalue weighted by Gasteiger charge is 2.13. The fourth-order valence-corrected chi connectivity index (χ4v) is 2.79. The summed E-state index contributed by atoms with van der Waals surface area (Å²) in [6.07, 6.45) is 1.64. The summed E-state index contributed by atoms with van der Waals surface area (Å²) in [4.78, 5) is 38.2. The average molecular weight is 375 g/mol. The van der Waals surface area contributed by atoms with Crippen molar-refractivity contribution in [2.75, 3.05) is 17.3 Å². The van der Waals surface area contributed by atoms with Crippen LogP contribution in [0.5, 0.6) is 0 Å². The second-order valence-corrected chi connectivity index (χ2v) is 6.50. The Kier molecular flexibility index (Phi) is 5.69. The molecule has 0 fully saturated rings. The van der Waals surface area contributed by atoms with Crippen molar-refractivity contribution >= 4 is 23.2 Å². The molecule has 1 N–H and O–H groups in total. The van der Waals surface area contributed by atoms with E-state index >= 15 is 0 Å². The monoisotopic (exact) mass is 375 g/mol. The summed E-state index contributed by atoms with van der Waals surface area (Å²) in [5.41, 5.74) is 2.54. The second kappa shape index (κ2) is 8.35. The maximum absolute atomic E-state index is 12.6. The first-order chi connectivity index (χ1) is 13.4. The van der Waals surface area contributed by atoms with Crippen LogP contribution >= 0.6 is 0 Å². The Morgan fingerprint density at radius 3 is 2.32 bits per heavy atom. The Hall–Kier alpha value is -3.67. The summed E-state index contributed by atoms with van der Waals surface area (Å²) < 4.78 is 1.36. The topological polar surface area (TPSA) is 71.4 Å². The zero-order valence-electron chi connectivity index (χ0n) is 15.8. The minimum Gasteiger partial charge on any atom is -0.325 e. The van der Waals surface area contributed by atoms with Gasteiger partial charge >= 0.3 is 0 Å². The van der Waals surface area contributed by atoms with E-state index in [1.807, 2.05) is 37.3 Å². The van der Waals surface area contributed by atoms with Gasteiger partial charge in [-0.2, -0.15) is 0 Å². The number of para-hydroxylation sites is 1. The van der Waals surface area contributed by atoms with E-state index in [9.17, 15) is 14.4 Å². The van der Waals surface area contributed by atoms with Crippen LogP contribution in [-0.2, 0) is 11.3 Å². The fraction of sp³-hybridized carbons (Fsp3) is 0.136. The Bertz CT molecular complexity index is 1040. The molecular formula is C22H21N3O3. The van der Waals surface area contributed by atoms with E-state index in [1.165, 1.54) is 10.6 Å². The van der Waals surface area contributed by atoms with Crippen LogP contribution in [0.1, 0.15) is 15.9 Å². The lowest BCUT2D eigenvalue weighted by Crippen LogP contribution is -2.27. The van der Waals surface area contributed by atoms with Crippen LogP contribution in [0, 0.1) is 6.92 Å². The van der Waals surface area contributed by atoms with Crippen molar-refractivity contribution in [3.05, 3.63) is 94.4 Å². The molecule has 2 aromatic carbocycles. The number of pyridine rings is 1. The Balaban J connectivity index is 1.65. The van der Waals surface area contributed by atoms with Crippen LogP contribution in [0.4, 0.5) is 11.4 Å². The summed E-state index contributed by atoms with van der Waals surface area (Å²) in [5, 5.41) is 2.74. The molecule has 28 heavy (non-hydrogen) atoms. The highest BCUT2D eigenvalue weighted by molar-refractivity contribution is 6.06. The van der Waals surface area contributed by atoms with E-state index in [0.717, 1.165) is 11.3 Å². The maximum atomic E-state index is 12.6. The highest BCUT2D eigenvalue weighted by atomic mass is 16.2. The number of carbonyl (C=O) groups excluding carboxylic acids is 2. The van der Waals surface area contributed by atoms with Gasteiger partial charge in [-0.1, -0.05) is 24.3 Å². The molecule has 0 aliphatic rings. The maximum Gasteiger partial charge on any atom is 0.258 e. The normalized spacial score (nSPS) is 10.4. The van der Waals surface area contributed by atoms with Crippen molar-refractivity contribution in [2.24, 2.45) is 0 Å². The molecule has 0 aliphatic heterocycles. The predicted octanol–water partition coefficient (Wildman–Crippen LogP) is 3.07. The van der Waals surface area contributed by atoms with Gasteiger partial charge in [-0.25, -0.2) is 0 Å². The number of benzene rings is 2. The molecule has 3 rings (SSSR count). The number of hydrogen-bond acceptors (Lipinski definition) is 3. The minimum absolute atomic E-state index is 0.0715. The van der Waals surface area contributed by atoms with Crippen molar-refractivity contribution in [3.63, 3.8) is 0 Å². The first kappa shape index (κ1) is 19.1. The molecule has 1 heterocycles. The van der Waals surface area contributed by atoms with Crippen LogP contribution in [0.2, 0.25) is 0 Å². The quantitative estimate of drug-likeness (QED) is 0.745. The molecule has 0 saturated carbocycles. The number of aryl methyl sites for hydroxylation is 1. The molecule has 142 valence electrons. The predicted molar refractivity (Wildman–Crippen MR) is 110 cm³/mol. The minimum atomic E-state index is -0.312. The molecule has 0 saturated heterocycles. The molecule has 0 radical (unpaired) electrons. The van der Waals surface area contributed by atoms with Crippen LogP contribution < -0.4 is 15.8 Å². The standard InChI is InChI=1S/C22H21N3O3/c1-16-8-13-21(27)25(14-16)15-20(26)23-18-11-9-17(10-12-18)22(28)24(2)19-6-4-3-5-7-19/h3-14H,15H2,1-2H3,(H,23,26). The lowest BCUT2D eigenvalue weighted by molar-refractivity contribution is -0.116. The number of hydrogen-bond donors (Lipinski definition) is 1. The summed E-state index contributed by atoms with van der Waals surface area (Å²) in [5.74, 6) is -0.455. The summed E-state index contributed by atoms with van der Waals surface area (Å²) >= 11 is 0. The third-order valence-corrected chi connectivity index (χ3v) is 4.31. The van der Waals surface area contributed by atoms with E-state index in [2.05, 4.69) is 5.32 Å². The number of aromatic nitrogens is 1. The van der Waals surface area contributed by atoms with Crippen LogP contribution in [0.3, 0.4) is 0 Å². The number of rotatable bonds is 5. The number of nitrogens with one attached hydrogen (secondary N) is 1. The fourth-order valence-electron chi connectivity index (χ4n) is 2.79. The van der Waals surface area contributed by atoms with Gasteiger partial charge in [0.05, 0.1) is 0 Å². The second-order valence-electron chi connectivity index (χ2n) is 6.50. The first-order valence-electron chi connectivity index (χ1n) is 8.84. The SMILES string of the molecule is Cc1ccc(=O)n(CC(=O)Nc2ccc(C(=O)N(C)c3ccccc3)cc2)c1. The van der Waals surface area contributed by atoms with E-state index in [0.29, 0.717) is 11.3 Å². The Morgan fingerprint density at radius 2 is 1.64 bits per heavy atom. The van der Waals surface area contributed by atoms with Gasteiger partial charge in [0.1, 0.15) is 6.54 Å².